The number of benzene rings is 1. The van der Waals surface area contributed by atoms with E-state index in [9.17, 15) is 13.6 Å². The molecule has 0 N–H and O–H groups in total. The van der Waals surface area contributed by atoms with E-state index in [1.807, 2.05) is 33.8 Å². The van der Waals surface area contributed by atoms with Crippen LogP contribution in [0, 0.1) is 6.92 Å². The average Bonchev–Trinajstić information content (AvgIpc) is 3.02. The molecule has 0 spiro atoms. The van der Waals surface area contributed by atoms with Crippen molar-refractivity contribution in [1.29, 1.82) is 0 Å². The summed E-state index contributed by atoms with van der Waals surface area (Å²) >= 11 is 0. The van der Waals surface area contributed by atoms with Crippen molar-refractivity contribution in [3.8, 4) is 11.4 Å². The quantitative estimate of drug-likeness (QED) is 0.769. The number of rotatable bonds is 4. The van der Waals surface area contributed by atoms with Gasteiger partial charge in [0.1, 0.15) is 11.4 Å². The number of aryl methyl sites for hydroxylation is 1. The highest BCUT2D eigenvalue weighted by molar-refractivity contribution is 5.68. The third-order valence-corrected chi connectivity index (χ3v) is 4.42. The number of anilines is 1. The van der Waals surface area contributed by atoms with Gasteiger partial charge in [0, 0.05) is 44.0 Å². The summed E-state index contributed by atoms with van der Waals surface area (Å²) in [4.78, 5) is 16.0. The molecule has 2 aromatic rings. The molecule has 9 heteroatoms. The minimum Gasteiger partial charge on any atom is -0.444 e. The van der Waals surface area contributed by atoms with Crippen LogP contribution in [-0.4, -0.2) is 59.2 Å². The monoisotopic (exact) mass is 408 g/mol. The molecule has 0 radical (unpaired) electrons. The molecule has 0 aliphatic carbocycles. The van der Waals surface area contributed by atoms with E-state index in [1.54, 1.807) is 21.7 Å². The molecule has 1 aliphatic heterocycles. The lowest BCUT2D eigenvalue weighted by Gasteiger charge is -2.35. The van der Waals surface area contributed by atoms with E-state index >= 15 is 0 Å². The van der Waals surface area contributed by atoms with Crippen LogP contribution in [-0.2, 0) is 4.74 Å². The summed E-state index contributed by atoms with van der Waals surface area (Å²) in [6.07, 6.45) is -0.310. The van der Waals surface area contributed by atoms with Gasteiger partial charge in [0.05, 0.1) is 5.69 Å². The van der Waals surface area contributed by atoms with Gasteiger partial charge in [0.15, 0.2) is 5.82 Å². The summed E-state index contributed by atoms with van der Waals surface area (Å²) in [6.45, 7) is 6.90. The fourth-order valence-corrected chi connectivity index (χ4v) is 3.11. The van der Waals surface area contributed by atoms with Gasteiger partial charge in [0.25, 0.3) is 0 Å². The van der Waals surface area contributed by atoms with Crippen LogP contribution < -0.4 is 9.64 Å². The van der Waals surface area contributed by atoms with Gasteiger partial charge < -0.3 is 19.3 Å². The normalized spacial score (nSPS) is 15.0. The molecule has 1 aromatic carbocycles. The molecule has 1 aromatic heterocycles. The zero-order chi connectivity index (χ0) is 21.2. The van der Waals surface area contributed by atoms with Crippen LogP contribution in [0.25, 0.3) is 5.69 Å². The van der Waals surface area contributed by atoms with Crippen molar-refractivity contribution in [1.82, 2.24) is 14.7 Å². The summed E-state index contributed by atoms with van der Waals surface area (Å²) in [7, 11) is 0. The first-order valence-corrected chi connectivity index (χ1v) is 9.47. The van der Waals surface area contributed by atoms with Gasteiger partial charge in [-0.25, -0.2) is 9.48 Å². The number of alkyl halides is 2. The van der Waals surface area contributed by atoms with Crippen molar-refractivity contribution >= 4 is 11.9 Å². The fraction of sp³-hybridized carbons (Fsp3) is 0.500. The van der Waals surface area contributed by atoms with Crippen LogP contribution in [0.2, 0.25) is 0 Å². The Morgan fingerprint density at radius 1 is 1.14 bits per heavy atom. The molecule has 3 rings (SSSR count). The number of halogens is 2. The number of piperazine rings is 1. The zero-order valence-corrected chi connectivity index (χ0v) is 17.1. The lowest BCUT2D eigenvalue weighted by molar-refractivity contribution is -0.0498. The molecule has 0 bridgehead atoms. The Balaban J connectivity index is 1.68. The van der Waals surface area contributed by atoms with Crippen molar-refractivity contribution in [2.24, 2.45) is 0 Å². The number of hydrogen-bond acceptors (Lipinski definition) is 5. The molecule has 0 unspecified atom stereocenters. The van der Waals surface area contributed by atoms with Crippen LogP contribution in [0.4, 0.5) is 19.4 Å². The first-order chi connectivity index (χ1) is 13.6. The lowest BCUT2D eigenvalue weighted by Crippen LogP contribution is -2.50. The Labute approximate surface area is 168 Å². The first kappa shape index (κ1) is 20.9. The number of carbonyl (C=O) groups is 1. The van der Waals surface area contributed by atoms with E-state index in [0.717, 1.165) is 11.5 Å². The molecule has 1 aliphatic rings. The van der Waals surface area contributed by atoms with E-state index in [0.29, 0.717) is 31.9 Å². The van der Waals surface area contributed by atoms with E-state index in [1.165, 1.54) is 12.1 Å². The van der Waals surface area contributed by atoms with E-state index in [2.05, 4.69) is 14.7 Å². The minimum absolute atomic E-state index is 0.0833. The Bertz CT molecular complexity index is 856. The molecule has 158 valence electrons. The number of amides is 1. The molecule has 1 saturated heterocycles. The molecule has 1 fully saturated rings. The van der Waals surface area contributed by atoms with Crippen molar-refractivity contribution < 1.29 is 23.0 Å². The van der Waals surface area contributed by atoms with Gasteiger partial charge in [-0.1, -0.05) is 6.07 Å². The second-order valence-corrected chi connectivity index (χ2v) is 7.89. The molecular weight excluding hydrogens is 382 g/mol. The van der Waals surface area contributed by atoms with E-state index in [4.69, 9.17) is 4.74 Å². The van der Waals surface area contributed by atoms with Crippen molar-refractivity contribution in [3.05, 3.63) is 36.0 Å². The van der Waals surface area contributed by atoms with Crippen LogP contribution in [0.3, 0.4) is 0 Å². The highest BCUT2D eigenvalue weighted by Crippen LogP contribution is 2.23. The summed E-state index contributed by atoms with van der Waals surface area (Å²) in [5, 5.41) is 4.62. The predicted octanol–water partition coefficient (Wildman–Crippen LogP) is 3.84. The van der Waals surface area contributed by atoms with Crippen LogP contribution >= 0.6 is 0 Å². The summed E-state index contributed by atoms with van der Waals surface area (Å²) in [5.41, 5.74) is 0.982. The minimum atomic E-state index is -2.87. The number of hydrogen-bond donors (Lipinski definition) is 0. The maximum absolute atomic E-state index is 12.5. The number of carbonyl (C=O) groups excluding carboxylic acids is 1. The highest BCUT2D eigenvalue weighted by Gasteiger charge is 2.27. The van der Waals surface area contributed by atoms with E-state index < -0.39 is 12.2 Å². The topological polar surface area (TPSA) is 59.8 Å². The Morgan fingerprint density at radius 2 is 1.83 bits per heavy atom. The molecule has 7 nitrogen and oxygen atoms in total. The fourth-order valence-electron chi connectivity index (χ4n) is 3.11. The van der Waals surface area contributed by atoms with E-state index in [-0.39, 0.29) is 11.8 Å². The standard InChI is InChI=1S/C20H26F2N4O3/c1-14-12-17(23-26(14)15-6-5-7-16(13-15)28-18(21)22)24-8-10-25(11-9-24)19(27)29-20(2,3)4/h5-7,12-13,18H,8-11H2,1-4H3. The lowest BCUT2D eigenvalue weighted by atomic mass is 10.2. The molecule has 0 atom stereocenters. The zero-order valence-electron chi connectivity index (χ0n) is 17.1. The van der Waals surface area contributed by atoms with Crippen molar-refractivity contribution in [2.45, 2.75) is 39.9 Å². The second kappa shape index (κ2) is 8.26. The summed E-state index contributed by atoms with van der Waals surface area (Å²) in [6, 6.07) is 8.36. The van der Waals surface area contributed by atoms with Gasteiger partial charge in [-0.15, -0.1) is 0 Å². The van der Waals surface area contributed by atoms with Gasteiger partial charge in [0.2, 0.25) is 0 Å². The summed E-state index contributed by atoms with van der Waals surface area (Å²) in [5.74, 6) is 0.853. The average molecular weight is 408 g/mol. The van der Waals surface area contributed by atoms with Crippen LogP contribution in [0.15, 0.2) is 30.3 Å². The van der Waals surface area contributed by atoms with Crippen LogP contribution in [0.5, 0.6) is 5.75 Å². The predicted molar refractivity (Wildman–Crippen MR) is 105 cm³/mol. The van der Waals surface area contributed by atoms with Gasteiger partial charge in [-0.3, -0.25) is 0 Å². The number of aromatic nitrogens is 2. The largest absolute Gasteiger partial charge is 0.444 e. The van der Waals surface area contributed by atoms with Crippen molar-refractivity contribution in [2.75, 3.05) is 31.1 Å². The number of ether oxygens (including phenoxy) is 2. The maximum Gasteiger partial charge on any atom is 0.410 e. The SMILES string of the molecule is Cc1cc(N2CCN(C(=O)OC(C)(C)C)CC2)nn1-c1cccc(OC(F)F)c1. The van der Waals surface area contributed by atoms with Crippen molar-refractivity contribution in [3.63, 3.8) is 0 Å². The maximum atomic E-state index is 12.5. The van der Waals surface area contributed by atoms with Gasteiger partial charge in [-0.2, -0.15) is 13.9 Å². The highest BCUT2D eigenvalue weighted by atomic mass is 19.3. The molecule has 29 heavy (non-hydrogen) atoms. The summed E-state index contributed by atoms with van der Waals surface area (Å²) < 4.78 is 36.5. The Morgan fingerprint density at radius 3 is 2.45 bits per heavy atom. The Hall–Kier alpha value is -2.84. The van der Waals surface area contributed by atoms with Gasteiger partial charge >= 0.3 is 12.7 Å². The third-order valence-electron chi connectivity index (χ3n) is 4.42. The van der Waals surface area contributed by atoms with Crippen LogP contribution in [0.1, 0.15) is 26.5 Å². The third kappa shape index (κ3) is 5.36. The molecule has 0 saturated carbocycles. The first-order valence-electron chi connectivity index (χ1n) is 9.47. The molecular formula is C20H26F2N4O3. The Kier molecular flexibility index (Phi) is 5.95. The van der Waals surface area contributed by atoms with Gasteiger partial charge in [-0.05, 0) is 39.8 Å². The molecule has 2 heterocycles. The second-order valence-electron chi connectivity index (χ2n) is 7.89. The number of nitrogens with zero attached hydrogens (tertiary/aromatic N) is 4. The molecule has 1 amide bonds. The smallest absolute Gasteiger partial charge is 0.410 e.